The summed E-state index contributed by atoms with van der Waals surface area (Å²) in [5.41, 5.74) is 2.63. The molecule has 0 bridgehead atoms. The van der Waals surface area contributed by atoms with Crippen molar-refractivity contribution in [2.75, 3.05) is 0 Å². The topological polar surface area (TPSA) is 59.8 Å². The quantitative estimate of drug-likeness (QED) is 0.576. The Bertz CT molecular complexity index is 1120. The molecule has 140 valence electrons. The van der Waals surface area contributed by atoms with Crippen LogP contribution in [0.5, 0.6) is 0 Å². The Hall–Kier alpha value is -3.61. The Morgan fingerprint density at radius 2 is 1.64 bits per heavy atom. The third-order valence-electron chi connectivity index (χ3n) is 4.35. The van der Waals surface area contributed by atoms with Crippen LogP contribution < -0.4 is 5.32 Å². The van der Waals surface area contributed by atoms with Crippen LogP contribution in [-0.2, 0) is 13.1 Å². The van der Waals surface area contributed by atoms with Gasteiger partial charge in [0.05, 0.1) is 13.1 Å². The Balaban J connectivity index is 1.60. The predicted molar refractivity (Wildman–Crippen MR) is 101 cm³/mol. The summed E-state index contributed by atoms with van der Waals surface area (Å²) in [6.07, 6.45) is 1.67. The van der Waals surface area contributed by atoms with Crippen molar-refractivity contribution in [3.05, 3.63) is 95.4 Å². The van der Waals surface area contributed by atoms with E-state index in [9.17, 15) is 13.6 Å². The van der Waals surface area contributed by atoms with Crippen LogP contribution in [0.25, 0.3) is 11.2 Å². The standard InChI is InChI=1S/C21H16F2N4O/c22-16-7-3-14(4-8-16)13-27-19(26-18-2-1-11-24-20(18)27)12-25-21(28)15-5-9-17(23)10-6-15/h1-11H,12-13H2,(H,25,28). The van der Waals surface area contributed by atoms with Crippen LogP contribution in [0, 0.1) is 11.6 Å². The fourth-order valence-electron chi connectivity index (χ4n) is 2.94. The lowest BCUT2D eigenvalue weighted by atomic mass is 10.2. The minimum Gasteiger partial charge on any atom is -0.345 e. The van der Waals surface area contributed by atoms with Gasteiger partial charge in [0, 0.05) is 11.8 Å². The number of carbonyl (C=O) groups excluding carboxylic acids is 1. The molecule has 0 atom stereocenters. The van der Waals surface area contributed by atoms with Gasteiger partial charge in [0.15, 0.2) is 5.65 Å². The second-order valence-corrected chi connectivity index (χ2v) is 6.28. The second kappa shape index (κ2) is 7.56. The van der Waals surface area contributed by atoms with Gasteiger partial charge in [-0.05, 0) is 54.1 Å². The van der Waals surface area contributed by atoms with Gasteiger partial charge in [-0.15, -0.1) is 0 Å². The zero-order valence-corrected chi connectivity index (χ0v) is 14.8. The number of rotatable bonds is 5. The SMILES string of the molecule is O=C(NCc1nc2cccnc2n1Cc1ccc(F)cc1)c1ccc(F)cc1. The van der Waals surface area contributed by atoms with Gasteiger partial charge in [0.2, 0.25) is 0 Å². The second-order valence-electron chi connectivity index (χ2n) is 6.28. The van der Waals surface area contributed by atoms with Crippen molar-refractivity contribution in [3.8, 4) is 0 Å². The lowest BCUT2D eigenvalue weighted by molar-refractivity contribution is 0.0949. The smallest absolute Gasteiger partial charge is 0.251 e. The zero-order chi connectivity index (χ0) is 19.5. The van der Waals surface area contributed by atoms with Crippen LogP contribution in [0.4, 0.5) is 8.78 Å². The summed E-state index contributed by atoms with van der Waals surface area (Å²) >= 11 is 0. The van der Waals surface area contributed by atoms with E-state index in [1.165, 1.54) is 36.4 Å². The molecule has 4 rings (SSSR count). The molecule has 2 heterocycles. The van der Waals surface area contributed by atoms with Gasteiger partial charge >= 0.3 is 0 Å². The lowest BCUT2D eigenvalue weighted by Gasteiger charge is -2.10. The highest BCUT2D eigenvalue weighted by atomic mass is 19.1. The van der Waals surface area contributed by atoms with E-state index >= 15 is 0 Å². The van der Waals surface area contributed by atoms with Gasteiger partial charge in [0.1, 0.15) is 23.0 Å². The summed E-state index contributed by atoms with van der Waals surface area (Å²) in [7, 11) is 0. The molecule has 0 fully saturated rings. The predicted octanol–water partition coefficient (Wildman–Crippen LogP) is 3.69. The lowest BCUT2D eigenvalue weighted by Crippen LogP contribution is -2.25. The summed E-state index contributed by atoms with van der Waals surface area (Å²) < 4.78 is 28.1. The molecule has 0 aliphatic rings. The largest absolute Gasteiger partial charge is 0.345 e. The van der Waals surface area contributed by atoms with Crippen molar-refractivity contribution < 1.29 is 13.6 Å². The van der Waals surface area contributed by atoms with Crippen LogP contribution in [0.3, 0.4) is 0 Å². The number of imidazole rings is 1. The van der Waals surface area contributed by atoms with E-state index in [1.54, 1.807) is 24.4 Å². The summed E-state index contributed by atoms with van der Waals surface area (Å²) in [6.45, 7) is 0.614. The molecule has 1 N–H and O–H groups in total. The number of nitrogens with zero attached hydrogens (tertiary/aromatic N) is 3. The van der Waals surface area contributed by atoms with Gasteiger partial charge in [-0.3, -0.25) is 4.79 Å². The first-order valence-electron chi connectivity index (χ1n) is 8.68. The molecule has 0 radical (unpaired) electrons. The van der Waals surface area contributed by atoms with Crippen LogP contribution in [-0.4, -0.2) is 20.4 Å². The summed E-state index contributed by atoms with van der Waals surface area (Å²) in [5, 5.41) is 2.80. The summed E-state index contributed by atoms with van der Waals surface area (Å²) in [4.78, 5) is 21.3. The molecule has 0 spiro atoms. The first-order valence-corrected chi connectivity index (χ1v) is 8.68. The maximum Gasteiger partial charge on any atom is 0.251 e. The number of halogens is 2. The first-order chi connectivity index (χ1) is 13.6. The number of aromatic nitrogens is 3. The third-order valence-corrected chi connectivity index (χ3v) is 4.35. The number of hydrogen-bond donors (Lipinski definition) is 1. The monoisotopic (exact) mass is 378 g/mol. The van der Waals surface area contributed by atoms with Crippen molar-refractivity contribution in [2.24, 2.45) is 0 Å². The molecule has 1 amide bonds. The van der Waals surface area contributed by atoms with Crippen molar-refractivity contribution in [2.45, 2.75) is 13.1 Å². The molecule has 0 unspecified atom stereocenters. The third kappa shape index (κ3) is 3.73. The molecule has 2 aromatic carbocycles. The number of pyridine rings is 1. The zero-order valence-electron chi connectivity index (χ0n) is 14.8. The highest BCUT2D eigenvalue weighted by Crippen LogP contribution is 2.16. The molecule has 0 aliphatic heterocycles. The molecular weight excluding hydrogens is 362 g/mol. The molecule has 4 aromatic rings. The van der Waals surface area contributed by atoms with E-state index in [1.807, 2.05) is 10.6 Å². The Kier molecular flexibility index (Phi) is 4.80. The first kappa shape index (κ1) is 17.8. The van der Waals surface area contributed by atoms with Crippen LogP contribution >= 0.6 is 0 Å². The number of benzene rings is 2. The Labute approximate surface area is 159 Å². The fraction of sp³-hybridized carbons (Fsp3) is 0.0952. The molecule has 0 saturated carbocycles. The minimum absolute atomic E-state index is 0.174. The number of amides is 1. The average Bonchev–Trinajstić information content (AvgIpc) is 3.06. The highest BCUT2D eigenvalue weighted by molar-refractivity contribution is 5.94. The van der Waals surface area contributed by atoms with Crippen LogP contribution in [0.1, 0.15) is 21.7 Å². The molecule has 5 nitrogen and oxygen atoms in total. The Morgan fingerprint density at radius 1 is 0.964 bits per heavy atom. The maximum absolute atomic E-state index is 13.2. The van der Waals surface area contributed by atoms with E-state index in [4.69, 9.17) is 0 Å². The normalized spacial score (nSPS) is 10.9. The molecule has 28 heavy (non-hydrogen) atoms. The van der Waals surface area contributed by atoms with E-state index < -0.39 is 5.82 Å². The summed E-state index contributed by atoms with van der Waals surface area (Å²) in [5.74, 6) is -0.408. The van der Waals surface area contributed by atoms with Crippen molar-refractivity contribution in [3.63, 3.8) is 0 Å². The number of hydrogen-bond acceptors (Lipinski definition) is 3. The van der Waals surface area contributed by atoms with Gasteiger partial charge in [-0.1, -0.05) is 12.1 Å². The molecule has 2 aromatic heterocycles. The highest BCUT2D eigenvalue weighted by Gasteiger charge is 2.14. The van der Waals surface area contributed by atoms with E-state index in [-0.39, 0.29) is 18.3 Å². The molecule has 7 heteroatoms. The van der Waals surface area contributed by atoms with Crippen molar-refractivity contribution >= 4 is 17.1 Å². The molecular formula is C21H16F2N4O. The van der Waals surface area contributed by atoms with Gasteiger partial charge < -0.3 is 9.88 Å². The maximum atomic E-state index is 13.2. The Morgan fingerprint density at radius 3 is 2.36 bits per heavy atom. The van der Waals surface area contributed by atoms with E-state index in [0.717, 1.165) is 5.56 Å². The van der Waals surface area contributed by atoms with Crippen LogP contribution in [0.2, 0.25) is 0 Å². The van der Waals surface area contributed by atoms with Crippen LogP contribution in [0.15, 0.2) is 66.9 Å². The van der Waals surface area contributed by atoms with Gasteiger partial charge in [-0.25, -0.2) is 18.7 Å². The number of fused-ring (bicyclic) bond motifs is 1. The fourth-order valence-corrected chi connectivity index (χ4v) is 2.94. The van der Waals surface area contributed by atoms with E-state index in [0.29, 0.717) is 29.1 Å². The van der Waals surface area contributed by atoms with Crippen molar-refractivity contribution in [1.82, 2.24) is 19.9 Å². The average molecular weight is 378 g/mol. The number of nitrogens with one attached hydrogen (secondary N) is 1. The minimum atomic E-state index is -0.399. The van der Waals surface area contributed by atoms with Crippen molar-refractivity contribution in [1.29, 1.82) is 0 Å². The molecule has 0 aliphatic carbocycles. The summed E-state index contributed by atoms with van der Waals surface area (Å²) in [6, 6.07) is 15.2. The number of carbonyl (C=O) groups is 1. The van der Waals surface area contributed by atoms with E-state index in [2.05, 4.69) is 15.3 Å². The molecule has 0 saturated heterocycles. The van der Waals surface area contributed by atoms with Gasteiger partial charge in [-0.2, -0.15) is 0 Å². The van der Waals surface area contributed by atoms with Gasteiger partial charge in [0.25, 0.3) is 5.91 Å².